The Bertz CT molecular complexity index is 804. The molecule has 0 aromatic carbocycles. The average Bonchev–Trinajstić information content (AvgIpc) is 3.11. The van der Waals surface area contributed by atoms with Crippen LogP contribution in [-0.2, 0) is 9.53 Å². The van der Waals surface area contributed by atoms with Crippen molar-refractivity contribution in [3.63, 3.8) is 0 Å². The molecule has 1 aliphatic rings. The van der Waals surface area contributed by atoms with Crippen molar-refractivity contribution in [3.05, 3.63) is 33.3 Å². The van der Waals surface area contributed by atoms with Crippen LogP contribution in [0.25, 0.3) is 6.08 Å². The minimum absolute atomic E-state index is 0.330. The summed E-state index contributed by atoms with van der Waals surface area (Å²) < 4.78 is 6.87. The van der Waals surface area contributed by atoms with Gasteiger partial charge in [0.25, 0.3) is 0 Å². The summed E-state index contributed by atoms with van der Waals surface area (Å²) in [6.45, 7) is 5.99. The van der Waals surface area contributed by atoms with Gasteiger partial charge in [0.05, 0.1) is 17.9 Å². The van der Waals surface area contributed by atoms with Crippen molar-refractivity contribution in [2.75, 3.05) is 12.4 Å². The lowest BCUT2D eigenvalue weighted by atomic mass is 10.1. The van der Waals surface area contributed by atoms with Gasteiger partial charge < -0.3 is 4.74 Å². The Hall–Kier alpha value is -1.93. The third-order valence-corrected chi connectivity index (χ3v) is 5.06. The van der Waals surface area contributed by atoms with E-state index in [2.05, 4.69) is 15.3 Å². The van der Waals surface area contributed by atoms with Crippen LogP contribution in [0.5, 0.6) is 0 Å². The van der Waals surface area contributed by atoms with Gasteiger partial charge >= 0.3 is 5.97 Å². The van der Waals surface area contributed by atoms with Crippen molar-refractivity contribution >= 4 is 40.9 Å². The second kappa shape index (κ2) is 6.67. The fourth-order valence-corrected chi connectivity index (χ4v) is 3.79. The first kappa shape index (κ1) is 15.9. The quantitative estimate of drug-likeness (QED) is 0.628. The molecule has 1 aliphatic heterocycles. The zero-order valence-electron chi connectivity index (χ0n) is 13.1. The summed E-state index contributed by atoms with van der Waals surface area (Å²) in [4.78, 5) is 14.6. The van der Waals surface area contributed by atoms with Gasteiger partial charge in [0.1, 0.15) is 0 Å². The molecule has 3 heterocycles. The van der Waals surface area contributed by atoms with E-state index < -0.39 is 0 Å². The van der Waals surface area contributed by atoms with Crippen LogP contribution in [0.1, 0.15) is 22.5 Å². The summed E-state index contributed by atoms with van der Waals surface area (Å²) in [6.07, 6.45) is 1.85. The Kier molecular flexibility index (Phi) is 4.63. The number of carbonyl (C=O) groups excluding carboxylic acids is 1. The van der Waals surface area contributed by atoms with Gasteiger partial charge in [0.2, 0.25) is 5.16 Å². The second-order valence-corrected chi connectivity index (χ2v) is 7.17. The molecule has 23 heavy (non-hydrogen) atoms. The highest BCUT2D eigenvalue weighted by molar-refractivity contribution is 7.99. The van der Waals surface area contributed by atoms with Gasteiger partial charge in [0, 0.05) is 15.5 Å². The van der Waals surface area contributed by atoms with Gasteiger partial charge in [-0.15, -0.1) is 21.5 Å². The van der Waals surface area contributed by atoms with Crippen molar-refractivity contribution < 1.29 is 9.53 Å². The molecule has 0 N–H and O–H groups in total. The third-order valence-electron chi connectivity index (χ3n) is 3.18. The van der Waals surface area contributed by atoms with Crippen LogP contribution in [0.2, 0.25) is 0 Å². The first-order valence-electron chi connectivity index (χ1n) is 7.16. The van der Waals surface area contributed by atoms with Crippen LogP contribution in [-0.4, -0.2) is 38.9 Å². The monoisotopic (exact) mass is 348 g/mol. The number of thioether (sulfide) groups is 1. The summed E-state index contributed by atoms with van der Waals surface area (Å²) in [5.74, 6) is 0.902. The smallest absolute Gasteiger partial charge is 0.340 e. The maximum absolute atomic E-state index is 12.4. The summed E-state index contributed by atoms with van der Waals surface area (Å²) in [5, 5.41) is 13.3. The van der Waals surface area contributed by atoms with Gasteiger partial charge in [-0.05, 0) is 39.0 Å². The minimum Gasteiger partial charge on any atom is -0.462 e. The van der Waals surface area contributed by atoms with Gasteiger partial charge in [-0.1, -0.05) is 11.8 Å². The van der Waals surface area contributed by atoms with Gasteiger partial charge in [-0.2, -0.15) is 9.78 Å². The maximum atomic E-state index is 12.4. The highest BCUT2D eigenvalue weighted by atomic mass is 32.2. The zero-order chi connectivity index (χ0) is 16.4. The number of aryl methyl sites for hydroxylation is 2. The summed E-state index contributed by atoms with van der Waals surface area (Å²) in [5.41, 5.74) is 1.16. The van der Waals surface area contributed by atoms with Gasteiger partial charge in [-0.25, -0.2) is 4.79 Å². The Morgan fingerprint density at radius 3 is 2.91 bits per heavy atom. The SMILES string of the molecule is CCOC(=O)/C(=C\c1ccc(C)s1)C1=Nn2c(C)nnc2SC1. The van der Waals surface area contributed by atoms with E-state index in [-0.39, 0.29) is 5.97 Å². The lowest BCUT2D eigenvalue weighted by molar-refractivity contribution is -0.137. The van der Waals surface area contributed by atoms with Crippen molar-refractivity contribution in [3.8, 4) is 0 Å². The molecule has 0 unspecified atom stereocenters. The molecule has 0 bridgehead atoms. The molecule has 120 valence electrons. The summed E-state index contributed by atoms with van der Waals surface area (Å²) >= 11 is 3.14. The summed E-state index contributed by atoms with van der Waals surface area (Å²) in [7, 11) is 0. The highest BCUT2D eigenvalue weighted by Crippen LogP contribution is 2.26. The lowest BCUT2D eigenvalue weighted by Gasteiger charge is -2.14. The molecule has 3 rings (SSSR count). The van der Waals surface area contributed by atoms with E-state index in [0.717, 1.165) is 10.0 Å². The first-order valence-corrected chi connectivity index (χ1v) is 8.97. The molecule has 0 saturated heterocycles. The number of hydrogen-bond acceptors (Lipinski definition) is 7. The molecule has 0 radical (unpaired) electrons. The number of ether oxygens (including phenoxy) is 1. The minimum atomic E-state index is -0.355. The van der Waals surface area contributed by atoms with Crippen molar-refractivity contribution in [2.45, 2.75) is 25.9 Å². The second-order valence-electron chi connectivity index (χ2n) is 4.90. The van der Waals surface area contributed by atoms with Crippen molar-refractivity contribution in [1.82, 2.24) is 14.9 Å². The van der Waals surface area contributed by atoms with E-state index in [1.165, 1.54) is 16.6 Å². The van der Waals surface area contributed by atoms with Crippen LogP contribution < -0.4 is 0 Å². The molecule has 2 aromatic heterocycles. The molecule has 0 aliphatic carbocycles. The molecule has 0 atom stereocenters. The molecular formula is C15H16N4O2S2. The third kappa shape index (κ3) is 3.37. The van der Waals surface area contributed by atoms with Crippen LogP contribution in [0.15, 0.2) is 28.0 Å². The molecule has 0 saturated carbocycles. The molecular weight excluding hydrogens is 332 g/mol. The predicted molar refractivity (Wildman–Crippen MR) is 92.0 cm³/mol. The van der Waals surface area contributed by atoms with Gasteiger partial charge in [0.15, 0.2) is 5.82 Å². The maximum Gasteiger partial charge on any atom is 0.340 e. The van der Waals surface area contributed by atoms with Crippen LogP contribution in [0.4, 0.5) is 0 Å². The van der Waals surface area contributed by atoms with Crippen molar-refractivity contribution in [2.24, 2.45) is 5.10 Å². The van der Waals surface area contributed by atoms with E-state index in [1.54, 1.807) is 22.9 Å². The van der Waals surface area contributed by atoms with Gasteiger partial charge in [-0.3, -0.25) is 0 Å². The van der Waals surface area contributed by atoms with Crippen molar-refractivity contribution in [1.29, 1.82) is 0 Å². The fraction of sp³-hybridized carbons (Fsp3) is 0.333. The van der Waals surface area contributed by atoms with Crippen LogP contribution in [0.3, 0.4) is 0 Å². The Morgan fingerprint density at radius 2 is 2.22 bits per heavy atom. The molecule has 0 spiro atoms. The topological polar surface area (TPSA) is 69.4 Å². The largest absolute Gasteiger partial charge is 0.462 e. The molecule has 0 fully saturated rings. The van der Waals surface area contributed by atoms with E-state index in [0.29, 0.717) is 29.5 Å². The number of fused-ring (bicyclic) bond motifs is 1. The Balaban J connectivity index is 2.02. The number of hydrogen-bond donors (Lipinski definition) is 0. The summed E-state index contributed by atoms with van der Waals surface area (Å²) in [6, 6.07) is 4.02. The number of nitrogens with zero attached hydrogens (tertiary/aromatic N) is 4. The normalized spacial score (nSPS) is 14.4. The lowest BCUT2D eigenvalue weighted by Crippen LogP contribution is -2.21. The number of aromatic nitrogens is 3. The standard InChI is InChI=1S/C15H16N4O2S2/c1-4-21-14(20)12(7-11-6-5-9(2)23-11)13-8-22-15-17-16-10(3)19(15)18-13/h5-7H,4,8H2,1-3H3/b12-7-. The number of carbonyl (C=O) groups is 1. The number of rotatable bonds is 4. The van der Waals surface area contributed by atoms with Crippen LogP contribution in [0, 0.1) is 13.8 Å². The molecule has 2 aromatic rings. The first-order chi connectivity index (χ1) is 11.1. The average molecular weight is 348 g/mol. The van der Waals surface area contributed by atoms with E-state index >= 15 is 0 Å². The molecule has 0 amide bonds. The highest BCUT2D eigenvalue weighted by Gasteiger charge is 2.24. The van der Waals surface area contributed by atoms with E-state index in [4.69, 9.17) is 4.74 Å². The van der Waals surface area contributed by atoms with E-state index in [9.17, 15) is 4.79 Å². The molecule has 8 heteroatoms. The number of thiophene rings is 1. The molecule has 6 nitrogen and oxygen atoms in total. The predicted octanol–water partition coefficient (Wildman–Crippen LogP) is 2.91. The Labute approximate surface area is 142 Å². The van der Waals surface area contributed by atoms with E-state index in [1.807, 2.05) is 32.1 Å². The zero-order valence-corrected chi connectivity index (χ0v) is 14.7. The van der Waals surface area contributed by atoms with Crippen LogP contribution >= 0.6 is 23.1 Å². The fourth-order valence-electron chi connectivity index (χ4n) is 2.10. The number of esters is 1. The Morgan fingerprint density at radius 1 is 1.39 bits per heavy atom.